The molecule has 238 valence electrons. The zero-order valence-electron chi connectivity index (χ0n) is 26.7. The van der Waals surface area contributed by atoms with Gasteiger partial charge in [0.2, 0.25) is 0 Å². The lowest BCUT2D eigenvalue weighted by Gasteiger charge is -2.44. The number of likely N-dealkylation sites (tertiary alicyclic amines) is 1. The van der Waals surface area contributed by atoms with E-state index in [9.17, 15) is 19.5 Å². The standard InChI is InChI=1S/C36H48N2O6/c1-25(23-26-13-6-5-7-14-26)38(36(32(39)40)19-12-21-37(22-20-36)33(41)44-35(2,3)4)34(42)43-24-31-29-17-10-8-15-27(29)28-16-9-11-18-30(28)31/h8-11,15-18,25-26,31H,5-7,12-14,19-24H2,1-4H3,(H,39,40)/t25-,36?/m1/s1. The number of fused-ring (bicyclic) bond motifs is 3. The molecule has 0 spiro atoms. The Morgan fingerprint density at radius 3 is 2.14 bits per heavy atom. The lowest BCUT2D eigenvalue weighted by atomic mass is 9.82. The summed E-state index contributed by atoms with van der Waals surface area (Å²) in [5, 5.41) is 10.9. The molecular formula is C36H48N2O6. The molecule has 1 saturated carbocycles. The molecule has 8 heteroatoms. The van der Waals surface area contributed by atoms with E-state index in [1.165, 1.54) is 11.3 Å². The maximum Gasteiger partial charge on any atom is 0.411 e. The predicted octanol–water partition coefficient (Wildman–Crippen LogP) is 7.84. The first-order chi connectivity index (χ1) is 21.0. The molecule has 2 aromatic rings. The zero-order chi connectivity index (χ0) is 31.5. The second-order valence-corrected chi connectivity index (χ2v) is 13.9. The van der Waals surface area contributed by atoms with E-state index in [1.54, 1.807) is 4.90 Å². The van der Waals surface area contributed by atoms with Gasteiger partial charge in [-0.3, -0.25) is 4.90 Å². The Morgan fingerprint density at radius 2 is 1.55 bits per heavy atom. The molecule has 1 heterocycles. The molecule has 2 fully saturated rings. The van der Waals surface area contributed by atoms with Gasteiger partial charge >= 0.3 is 18.2 Å². The van der Waals surface area contributed by atoms with Crippen molar-refractivity contribution in [3.8, 4) is 11.1 Å². The van der Waals surface area contributed by atoms with Gasteiger partial charge in [0.15, 0.2) is 0 Å². The minimum atomic E-state index is -1.49. The van der Waals surface area contributed by atoms with Crippen molar-refractivity contribution in [2.75, 3.05) is 19.7 Å². The van der Waals surface area contributed by atoms with E-state index in [1.807, 2.05) is 52.0 Å². The highest BCUT2D eigenvalue weighted by Crippen LogP contribution is 2.45. The Labute approximate surface area is 261 Å². The highest BCUT2D eigenvalue weighted by atomic mass is 16.6. The Balaban J connectivity index is 1.41. The SMILES string of the molecule is C[C@H](CC1CCCCC1)N(C(=O)OCC1c2ccccc2-c2ccccc21)C1(C(=O)O)CCCN(C(=O)OC(C)(C)C)CC1. The minimum Gasteiger partial charge on any atom is -0.479 e. The lowest BCUT2D eigenvalue weighted by Crippen LogP contribution is -2.61. The first-order valence-electron chi connectivity index (χ1n) is 16.4. The molecule has 2 aromatic carbocycles. The van der Waals surface area contributed by atoms with E-state index in [4.69, 9.17) is 9.47 Å². The van der Waals surface area contributed by atoms with Crippen molar-refractivity contribution in [3.05, 3.63) is 59.7 Å². The van der Waals surface area contributed by atoms with Gasteiger partial charge in [0.25, 0.3) is 0 Å². The third-order valence-electron chi connectivity index (χ3n) is 9.70. The van der Waals surface area contributed by atoms with E-state index >= 15 is 0 Å². The maximum atomic E-state index is 14.3. The normalized spacial score (nSPS) is 21.5. The average molecular weight is 605 g/mol. The molecule has 5 rings (SSSR count). The van der Waals surface area contributed by atoms with E-state index < -0.39 is 29.3 Å². The molecule has 44 heavy (non-hydrogen) atoms. The van der Waals surface area contributed by atoms with Gasteiger partial charge in [-0.25, -0.2) is 14.4 Å². The molecule has 2 aliphatic carbocycles. The van der Waals surface area contributed by atoms with Gasteiger partial charge in [-0.05, 0) is 81.5 Å². The second kappa shape index (κ2) is 13.2. The van der Waals surface area contributed by atoms with Gasteiger partial charge < -0.3 is 19.5 Å². The average Bonchev–Trinajstić information content (AvgIpc) is 3.12. The molecule has 0 aromatic heterocycles. The zero-order valence-corrected chi connectivity index (χ0v) is 26.7. The van der Waals surface area contributed by atoms with Crippen molar-refractivity contribution in [2.24, 2.45) is 5.92 Å². The summed E-state index contributed by atoms with van der Waals surface area (Å²) in [7, 11) is 0. The summed E-state index contributed by atoms with van der Waals surface area (Å²) in [6, 6.07) is 16.0. The van der Waals surface area contributed by atoms with Crippen LogP contribution in [0.15, 0.2) is 48.5 Å². The van der Waals surface area contributed by atoms with Crippen LogP contribution in [-0.4, -0.2) is 69.9 Å². The molecule has 0 radical (unpaired) electrons. The molecule has 2 atom stereocenters. The third-order valence-corrected chi connectivity index (χ3v) is 9.70. The fraction of sp³-hybridized carbons (Fsp3) is 0.583. The van der Waals surface area contributed by atoms with Gasteiger partial charge in [0, 0.05) is 25.0 Å². The number of benzene rings is 2. The summed E-state index contributed by atoms with van der Waals surface area (Å²) in [4.78, 5) is 43.6. The first kappa shape index (κ1) is 31.9. The molecule has 0 bridgehead atoms. The fourth-order valence-corrected chi connectivity index (χ4v) is 7.64. The lowest BCUT2D eigenvalue weighted by molar-refractivity contribution is -0.153. The Bertz CT molecular complexity index is 1300. The smallest absolute Gasteiger partial charge is 0.411 e. The first-order valence-corrected chi connectivity index (χ1v) is 16.4. The molecule has 2 amide bonds. The molecule has 1 aliphatic heterocycles. The minimum absolute atomic E-state index is 0.112. The van der Waals surface area contributed by atoms with Crippen molar-refractivity contribution in [3.63, 3.8) is 0 Å². The second-order valence-electron chi connectivity index (χ2n) is 13.9. The Hall–Kier alpha value is -3.55. The number of amides is 2. The molecular weight excluding hydrogens is 556 g/mol. The van der Waals surface area contributed by atoms with Crippen LogP contribution in [0.3, 0.4) is 0 Å². The summed E-state index contributed by atoms with van der Waals surface area (Å²) >= 11 is 0. The van der Waals surface area contributed by atoms with Crippen molar-refractivity contribution >= 4 is 18.2 Å². The van der Waals surface area contributed by atoms with Gasteiger partial charge in [-0.15, -0.1) is 0 Å². The van der Waals surface area contributed by atoms with Crippen molar-refractivity contribution < 1.29 is 29.0 Å². The number of nitrogens with zero attached hydrogens (tertiary/aromatic N) is 2. The van der Waals surface area contributed by atoms with Crippen molar-refractivity contribution in [1.82, 2.24) is 9.80 Å². The number of hydrogen-bond donors (Lipinski definition) is 1. The summed E-state index contributed by atoms with van der Waals surface area (Å²) in [5.74, 6) is -0.732. The molecule has 1 unspecified atom stereocenters. The van der Waals surface area contributed by atoms with Crippen molar-refractivity contribution in [2.45, 2.75) is 109 Å². The van der Waals surface area contributed by atoms with Gasteiger partial charge in [-0.2, -0.15) is 0 Å². The highest BCUT2D eigenvalue weighted by Gasteiger charge is 2.51. The monoisotopic (exact) mass is 604 g/mol. The number of carboxylic acids is 1. The van der Waals surface area contributed by atoms with Crippen LogP contribution in [0, 0.1) is 5.92 Å². The van der Waals surface area contributed by atoms with Crippen molar-refractivity contribution in [1.29, 1.82) is 0 Å². The number of carboxylic acid groups (broad SMARTS) is 1. The number of carbonyl (C=O) groups is 3. The van der Waals surface area contributed by atoms with Gasteiger partial charge in [0.05, 0.1) is 0 Å². The molecule has 8 nitrogen and oxygen atoms in total. The number of hydrogen-bond acceptors (Lipinski definition) is 5. The number of rotatable bonds is 7. The largest absolute Gasteiger partial charge is 0.479 e. The maximum absolute atomic E-state index is 14.3. The van der Waals surface area contributed by atoms with Gasteiger partial charge in [0.1, 0.15) is 17.7 Å². The van der Waals surface area contributed by atoms with E-state index in [0.717, 1.165) is 54.4 Å². The molecule has 1 N–H and O–H groups in total. The van der Waals surface area contributed by atoms with Crippen LogP contribution in [0.1, 0.15) is 103 Å². The van der Waals surface area contributed by atoms with Crippen LogP contribution in [0.2, 0.25) is 0 Å². The van der Waals surface area contributed by atoms with Crippen LogP contribution in [0.4, 0.5) is 9.59 Å². The van der Waals surface area contributed by atoms with Crippen LogP contribution < -0.4 is 0 Å². The number of aliphatic carboxylic acids is 1. The number of ether oxygens (including phenoxy) is 2. The third kappa shape index (κ3) is 6.74. The van der Waals surface area contributed by atoms with E-state index in [2.05, 4.69) is 24.3 Å². The van der Waals surface area contributed by atoms with Crippen LogP contribution in [0.5, 0.6) is 0 Å². The van der Waals surface area contributed by atoms with E-state index in [0.29, 0.717) is 18.9 Å². The van der Waals surface area contributed by atoms with E-state index in [-0.39, 0.29) is 38.0 Å². The molecule has 3 aliphatic rings. The van der Waals surface area contributed by atoms with Gasteiger partial charge in [-0.1, -0.05) is 80.6 Å². The molecule has 1 saturated heterocycles. The highest BCUT2D eigenvalue weighted by molar-refractivity contribution is 5.85. The summed E-state index contributed by atoms with van der Waals surface area (Å²) in [6.07, 6.45) is 6.20. The van der Waals surface area contributed by atoms with Crippen LogP contribution >= 0.6 is 0 Å². The quantitative estimate of drug-likeness (QED) is 0.346. The topological polar surface area (TPSA) is 96.4 Å². The predicted molar refractivity (Wildman–Crippen MR) is 170 cm³/mol. The fourth-order valence-electron chi connectivity index (χ4n) is 7.64. The Kier molecular flexibility index (Phi) is 9.56. The van der Waals surface area contributed by atoms with Crippen LogP contribution in [-0.2, 0) is 14.3 Å². The summed E-state index contributed by atoms with van der Waals surface area (Å²) in [6.45, 7) is 8.10. The summed E-state index contributed by atoms with van der Waals surface area (Å²) < 4.78 is 11.7. The summed E-state index contributed by atoms with van der Waals surface area (Å²) in [5.41, 5.74) is 2.35. The Morgan fingerprint density at radius 1 is 0.932 bits per heavy atom. The number of carbonyl (C=O) groups excluding carboxylic acids is 2. The van der Waals surface area contributed by atoms with Crippen LogP contribution in [0.25, 0.3) is 11.1 Å².